The summed E-state index contributed by atoms with van der Waals surface area (Å²) in [6.45, 7) is -2.99. The zero-order chi connectivity index (χ0) is 19.9. The topological polar surface area (TPSA) is 9.23 Å². The summed E-state index contributed by atoms with van der Waals surface area (Å²) >= 11 is 3.39. The molecular weight excluding hydrogens is 429 g/mol. The maximum absolute atomic E-state index is 13.8. The zero-order valence-corrected chi connectivity index (χ0v) is 17.9. The molecule has 0 atom stereocenters. The second-order valence-corrected chi connectivity index (χ2v) is 8.98. The molecule has 28 heavy (non-hydrogen) atoms. The molecular formula is C23H30BrF3O. The van der Waals surface area contributed by atoms with Gasteiger partial charge in [0.25, 0.3) is 0 Å². The Morgan fingerprint density at radius 3 is 2.21 bits per heavy atom. The number of aryl methyl sites for hydroxylation is 1. The molecule has 5 heteroatoms. The third kappa shape index (κ3) is 6.27. The van der Waals surface area contributed by atoms with Gasteiger partial charge < -0.3 is 4.74 Å². The molecule has 156 valence electrons. The van der Waals surface area contributed by atoms with Crippen LogP contribution in [0.4, 0.5) is 13.2 Å². The lowest BCUT2D eigenvalue weighted by molar-refractivity contribution is -0.0522. The van der Waals surface area contributed by atoms with Gasteiger partial charge in [0.15, 0.2) is 11.6 Å². The largest absolute Gasteiger partial charge is 0.432 e. The van der Waals surface area contributed by atoms with Gasteiger partial charge in [-0.1, -0.05) is 40.9 Å². The smallest absolute Gasteiger partial charge is 0.387 e. The van der Waals surface area contributed by atoms with Crippen LogP contribution in [0.5, 0.6) is 5.75 Å². The van der Waals surface area contributed by atoms with E-state index < -0.39 is 12.4 Å². The monoisotopic (exact) mass is 458 g/mol. The molecule has 1 nitrogen and oxygen atoms in total. The molecule has 2 aliphatic carbocycles. The minimum absolute atomic E-state index is 0.374. The Labute approximate surface area is 174 Å². The van der Waals surface area contributed by atoms with E-state index in [0.717, 1.165) is 36.2 Å². The van der Waals surface area contributed by atoms with Gasteiger partial charge in [0.2, 0.25) is 0 Å². The van der Waals surface area contributed by atoms with Crippen molar-refractivity contribution in [2.45, 2.75) is 70.8 Å². The van der Waals surface area contributed by atoms with Crippen LogP contribution in [0.15, 0.2) is 29.3 Å². The van der Waals surface area contributed by atoms with E-state index >= 15 is 0 Å². The van der Waals surface area contributed by atoms with Crippen LogP contribution < -0.4 is 4.74 Å². The molecule has 3 rings (SSSR count). The lowest BCUT2D eigenvalue weighted by atomic mass is 9.68. The highest BCUT2D eigenvalue weighted by atomic mass is 79.9. The Morgan fingerprint density at radius 2 is 1.64 bits per heavy atom. The highest BCUT2D eigenvalue weighted by Crippen LogP contribution is 2.42. The first-order valence-corrected chi connectivity index (χ1v) is 11.5. The predicted molar refractivity (Wildman–Crippen MR) is 110 cm³/mol. The van der Waals surface area contributed by atoms with Crippen molar-refractivity contribution in [3.8, 4) is 5.75 Å². The van der Waals surface area contributed by atoms with Gasteiger partial charge in [-0.25, -0.2) is 4.39 Å². The van der Waals surface area contributed by atoms with Crippen LogP contribution in [-0.4, -0.2) is 6.61 Å². The van der Waals surface area contributed by atoms with Crippen LogP contribution in [0.1, 0.15) is 63.4 Å². The summed E-state index contributed by atoms with van der Waals surface area (Å²) in [6, 6.07) is 4.35. The van der Waals surface area contributed by atoms with E-state index in [1.807, 2.05) is 4.99 Å². The quantitative estimate of drug-likeness (QED) is 0.403. The number of alkyl halides is 2. The Morgan fingerprint density at radius 1 is 1.00 bits per heavy atom. The molecule has 0 spiro atoms. The molecule has 0 radical (unpaired) electrons. The molecule has 2 saturated carbocycles. The minimum Gasteiger partial charge on any atom is -0.432 e. The summed E-state index contributed by atoms with van der Waals surface area (Å²) in [5.74, 6) is 2.16. The van der Waals surface area contributed by atoms with Crippen LogP contribution in [0, 0.1) is 29.5 Å². The SMILES string of the molecule is Fc1cc(CCC2CCC(C3CCC(/C=C/Br)CC3)CC2)ccc1OC(F)F. The summed E-state index contributed by atoms with van der Waals surface area (Å²) in [7, 11) is 0. The Kier molecular flexibility index (Phi) is 8.31. The van der Waals surface area contributed by atoms with E-state index in [9.17, 15) is 13.2 Å². The van der Waals surface area contributed by atoms with E-state index in [0.29, 0.717) is 5.92 Å². The maximum atomic E-state index is 13.8. The van der Waals surface area contributed by atoms with Gasteiger partial charge in [-0.05, 0) is 97.7 Å². The van der Waals surface area contributed by atoms with Crippen LogP contribution >= 0.6 is 15.9 Å². The lowest BCUT2D eigenvalue weighted by Crippen LogP contribution is -2.25. The van der Waals surface area contributed by atoms with Gasteiger partial charge in [-0.15, -0.1) is 0 Å². The van der Waals surface area contributed by atoms with Gasteiger partial charge in [0, 0.05) is 0 Å². The Balaban J connectivity index is 1.39. The maximum Gasteiger partial charge on any atom is 0.387 e. The van der Waals surface area contributed by atoms with Crippen LogP contribution in [-0.2, 0) is 6.42 Å². The first-order chi connectivity index (χ1) is 13.5. The fourth-order valence-corrected chi connectivity index (χ4v) is 5.55. The average Bonchev–Trinajstić information content (AvgIpc) is 2.69. The van der Waals surface area contributed by atoms with Crippen molar-refractivity contribution in [3.05, 3.63) is 40.6 Å². The van der Waals surface area contributed by atoms with Gasteiger partial charge >= 0.3 is 6.61 Å². The van der Waals surface area contributed by atoms with Crippen LogP contribution in [0.2, 0.25) is 0 Å². The van der Waals surface area contributed by atoms with E-state index in [-0.39, 0.29) is 5.75 Å². The number of hydrogen-bond acceptors (Lipinski definition) is 1. The van der Waals surface area contributed by atoms with Gasteiger partial charge in [-0.3, -0.25) is 0 Å². The van der Waals surface area contributed by atoms with Crippen molar-refractivity contribution >= 4 is 15.9 Å². The third-order valence-corrected chi connectivity index (χ3v) is 7.08. The molecule has 2 fully saturated rings. The van der Waals surface area contributed by atoms with Crippen molar-refractivity contribution in [3.63, 3.8) is 0 Å². The Bertz CT molecular complexity index is 633. The average molecular weight is 459 g/mol. The Hall–Kier alpha value is -0.970. The number of halogens is 4. The molecule has 0 amide bonds. The summed E-state index contributed by atoms with van der Waals surface area (Å²) in [6.07, 6.45) is 14.7. The molecule has 0 heterocycles. The fraction of sp³-hybridized carbons (Fsp3) is 0.652. The predicted octanol–water partition coefficient (Wildman–Crippen LogP) is 7.88. The van der Waals surface area contributed by atoms with E-state index in [4.69, 9.17) is 0 Å². The summed E-state index contributed by atoms with van der Waals surface area (Å²) in [5.41, 5.74) is 0.861. The molecule has 2 aliphatic rings. The summed E-state index contributed by atoms with van der Waals surface area (Å²) < 4.78 is 42.4. The number of rotatable bonds is 7. The minimum atomic E-state index is -2.99. The number of allylic oxidation sites excluding steroid dienone is 1. The molecule has 0 bridgehead atoms. The molecule has 0 aromatic heterocycles. The van der Waals surface area contributed by atoms with Crippen molar-refractivity contribution in [2.24, 2.45) is 23.7 Å². The summed E-state index contributed by atoms with van der Waals surface area (Å²) in [4.78, 5) is 2.01. The number of benzene rings is 1. The van der Waals surface area contributed by atoms with Crippen molar-refractivity contribution in [2.75, 3.05) is 0 Å². The zero-order valence-electron chi connectivity index (χ0n) is 16.3. The highest BCUT2D eigenvalue weighted by molar-refractivity contribution is 9.11. The van der Waals surface area contributed by atoms with Crippen molar-refractivity contribution < 1.29 is 17.9 Å². The van der Waals surface area contributed by atoms with Gasteiger partial charge in [-0.2, -0.15) is 8.78 Å². The summed E-state index contributed by atoms with van der Waals surface area (Å²) in [5, 5.41) is 0. The molecule has 0 N–H and O–H groups in total. The standard InChI is InChI=1S/C23H30BrF3O/c24-14-13-17-5-10-20(11-6-17)19-8-3-16(4-9-19)1-2-18-7-12-22(21(25)15-18)28-23(26)27/h7,12-17,19-20,23H,1-6,8-11H2/b14-13+. The van der Waals surface area contributed by atoms with Gasteiger partial charge in [0.1, 0.15) is 0 Å². The van der Waals surface area contributed by atoms with Crippen molar-refractivity contribution in [1.82, 2.24) is 0 Å². The first kappa shape index (κ1) is 21.7. The van der Waals surface area contributed by atoms with Crippen LogP contribution in [0.3, 0.4) is 0 Å². The fourth-order valence-electron chi connectivity index (χ4n) is 5.12. The highest BCUT2D eigenvalue weighted by Gasteiger charge is 2.30. The molecule has 0 saturated heterocycles. The molecule has 1 aromatic carbocycles. The van der Waals surface area contributed by atoms with E-state index in [1.165, 1.54) is 63.5 Å². The lowest BCUT2D eigenvalue weighted by Gasteiger charge is -2.37. The number of ether oxygens (including phenoxy) is 1. The van der Waals surface area contributed by atoms with Crippen LogP contribution in [0.25, 0.3) is 0 Å². The van der Waals surface area contributed by atoms with Crippen molar-refractivity contribution in [1.29, 1.82) is 0 Å². The number of hydrogen-bond donors (Lipinski definition) is 0. The normalized spacial score (nSPS) is 28.8. The van der Waals surface area contributed by atoms with E-state index in [2.05, 4.69) is 26.7 Å². The second kappa shape index (κ2) is 10.7. The van der Waals surface area contributed by atoms with E-state index in [1.54, 1.807) is 6.07 Å². The third-order valence-electron chi connectivity index (χ3n) is 6.77. The molecule has 0 unspecified atom stereocenters. The second-order valence-electron chi connectivity index (χ2n) is 8.46. The van der Waals surface area contributed by atoms with Gasteiger partial charge in [0.05, 0.1) is 0 Å². The molecule has 1 aromatic rings. The molecule has 0 aliphatic heterocycles. The first-order valence-electron chi connectivity index (χ1n) is 10.5.